The first-order chi connectivity index (χ1) is 13.4. The molecule has 0 spiro atoms. The lowest BCUT2D eigenvalue weighted by atomic mass is 10.1. The van der Waals surface area contributed by atoms with E-state index >= 15 is 0 Å². The van der Waals surface area contributed by atoms with Crippen LogP contribution in [-0.2, 0) is 6.54 Å². The van der Waals surface area contributed by atoms with E-state index in [9.17, 15) is 9.59 Å². The first-order valence-corrected chi connectivity index (χ1v) is 9.82. The van der Waals surface area contributed by atoms with Crippen LogP contribution in [-0.4, -0.2) is 29.9 Å². The van der Waals surface area contributed by atoms with E-state index in [1.807, 2.05) is 31.4 Å². The maximum Gasteiger partial charge on any atom is 0.202 e. The highest BCUT2D eigenvalue weighted by molar-refractivity contribution is 7.09. The number of carbonyl (C=O) groups excluding carboxylic acids is 2. The van der Waals surface area contributed by atoms with Crippen LogP contribution in [0.5, 0.6) is 11.5 Å². The third-order valence-electron chi connectivity index (χ3n) is 4.70. The molecular weight excluding hydrogens is 374 g/mol. The van der Waals surface area contributed by atoms with Gasteiger partial charge in [-0.15, -0.1) is 11.3 Å². The molecule has 0 N–H and O–H groups in total. The zero-order chi connectivity index (χ0) is 20.3. The van der Waals surface area contributed by atoms with Crippen LogP contribution in [0.4, 0.5) is 0 Å². The topological polar surface area (TPSA) is 57.5 Å². The number of thiophene rings is 1. The molecule has 146 valence electrons. The summed E-state index contributed by atoms with van der Waals surface area (Å²) in [6.07, 6.45) is 0. The highest BCUT2D eigenvalue weighted by Crippen LogP contribution is 2.28. The number of aromatic nitrogens is 1. The van der Waals surface area contributed by atoms with Gasteiger partial charge in [-0.1, -0.05) is 6.07 Å². The quantitative estimate of drug-likeness (QED) is 0.518. The minimum atomic E-state index is -0.0981. The molecule has 3 aromatic rings. The summed E-state index contributed by atoms with van der Waals surface area (Å²) in [6.45, 7) is 6.10. The van der Waals surface area contributed by atoms with Gasteiger partial charge in [0.25, 0.3) is 0 Å². The molecule has 0 atom stereocenters. The summed E-state index contributed by atoms with van der Waals surface area (Å²) in [5.41, 5.74) is 3.16. The second-order valence-electron chi connectivity index (χ2n) is 6.58. The average molecular weight is 397 g/mol. The van der Waals surface area contributed by atoms with Crippen LogP contribution in [0.25, 0.3) is 0 Å². The maximum absolute atomic E-state index is 12.8. The van der Waals surface area contributed by atoms with Crippen molar-refractivity contribution in [3.63, 3.8) is 0 Å². The summed E-state index contributed by atoms with van der Waals surface area (Å²) in [7, 11) is 1.51. The molecule has 1 aromatic carbocycles. The molecule has 0 aliphatic carbocycles. The van der Waals surface area contributed by atoms with Crippen LogP contribution < -0.4 is 9.47 Å². The number of hydrogen-bond acceptors (Lipinski definition) is 5. The minimum absolute atomic E-state index is 0.0564. The van der Waals surface area contributed by atoms with Crippen molar-refractivity contribution in [2.24, 2.45) is 0 Å². The molecule has 0 unspecified atom stereocenters. The van der Waals surface area contributed by atoms with Gasteiger partial charge in [0.2, 0.25) is 5.78 Å². The van der Waals surface area contributed by atoms with Crippen molar-refractivity contribution in [1.29, 1.82) is 0 Å². The summed E-state index contributed by atoms with van der Waals surface area (Å²) in [4.78, 5) is 25.5. The Balaban J connectivity index is 1.74. The molecule has 2 heterocycles. The predicted molar refractivity (Wildman–Crippen MR) is 110 cm³/mol. The molecule has 0 bridgehead atoms. The number of ketones is 2. The Morgan fingerprint density at radius 2 is 1.89 bits per heavy atom. The fraction of sp³-hybridized carbons (Fsp3) is 0.273. The smallest absolute Gasteiger partial charge is 0.202 e. The molecule has 6 heteroatoms. The predicted octanol–water partition coefficient (Wildman–Crippen LogP) is 4.69. The molecule has 5 nitrogen and oxygen atoms in total. The third-order valence-corrected chi connectivity index (χ3v) is 5.56. The lowest BCUT2D eigenvalue weighted by Crippen LogP contribution is -2.13. The number of methoxy groups -OCH3 is 1. The fourth-order valence-electron chi connectivity index (χ4n) is 3.11. The number of Topliss-reactive ketones (excluding diaryl/α,β-unsaturated/α-hetero) is 2. The lowest BCUT2D eigenvalue weighted by Gasteiger charge is -2.11. The molecule has 0 saturated carbocycles. The van der Waals surface area contributed by atoms with E-state index in [0.29, 0.717) is 22.6 Å². The van der Waals surface area contributed by atoms with Gasteiger partial charge in [-0.25, -0.2) is 0 Å². The first kappa shape index (κ1) is 19.9. The van der Waals surface area contributed by atoms with E-state index < -0.39 is 0 Å². The molecule has 2 aromatic heterocycles. The largest absolute Gasteiger partial charge is 0.493 e. The number of rotatable bonds is 8. The van der Waals surface area contributed by atoms with Crippen molar-refractivity contribution in [3.05, 3.63) is 69.2 Å². The highest BCUT2D eigenvalue weighted by atomic mass is 32.1. The number of hydrogen-bond donors (Lipinski definition) is 0. The Morgan fingerprint density at radius 1 is 1.11 bits per heavy atom. The minimum Gasteiger partial charge on any atom is -0.493 e. The Labute approximate surface area is 168 Å². The highest BCUT2D eigenvalue weighted by Gasteiger charge is 2.18. The summed E-state index contributed by atoms with van der Waals surface area (Å²) in [6, 6.07) is 11.0. The van der Waals surface area contributed by atoms with E-state index in [4.69, 9.17) is 9.47 Å². The third kappa shape index (κ3) is 4.17. The first-order valence-electron chi connectivity index (χ1n) is 8.94. The molecule has 3 rings (SSSR count). The summed E-state index contributed by atoms with van der Waals surface area (Å²) >= 11 is 1.70. The fourth-order valence-corrected chi connectivity index (χ4v) is 3.80. The Hall–Kier alpha value is -2.86. The molecule has 0 radical (unpaired) electrons. The van der Waals surface area contributed by atoms with Crippen LogP contribution in [0.1, 0.15) is 43.9 Å². The zero-order valence-electron chi connectivity index (χ0n) is 16.4. The Kier molecular flexibility index (Phi) is 5.99. The average Bonchev–Trinajstić information content (AvgIpc) is 3.29. The van der Waals surface area contributed by atoms with E-state index in [1.54, 1.807) is 29.5 Å². The van der Waals surface area contributed by atoms with Crippen molar-refractivity contribution < 1.29 is 19.1 Å². The second kappa shape index (κ2) is 8.44. The van der Waals surface area contributed by atoms with Gasteiger partial charge < -0.3 is 14.0 Å². The monoisotopic (exact) mass is 397 g/mol. The number of carbonyl (C=O) groups is 2. The molecule has 0 saturated heterocycles. The second-order valence-corrected chi connectivity index (χ2v) is 7.62. The van der Waals surface area contributed by atoms with Crippen molar-refractivity contribution in [2.45, 2.75) is 27.3 Å². The number of ether oxygens (including phenoxy) is 2. The zero-order valence-corrected chi connectivity index (χ0v) is 17.3. The Morgan fingerprint density at radius 3 is 2.54 bits per heavy atom. The SMILES string of the molecule is COc1cc(C(C)=O)ccc1OCC(=O)c1cc(C)n(Cc2cccs2)c1C. The van der Waals surface area contributed by atoms with E-state index in [0.717, 1.165) is 17.9 Å². The maximum atomic E-state index is 12.8. The van der Waals surface area contributed by atoms with Crippen molar-refractivity contribution in [1.82, 2.24) is 4.57 Å². The number of nitrogens with zero attached hydrogens (tertiary/aromatic N) is 1. The van der Waals surface area contributed by atoms with Gasteiger partial charge in [0, 0.05) is 27.4 Å². The summed E-state index contributed by atoms with van der Waals surface area (Å²) in [5.74, 6) is 0.722. The van der Waals surface area contributed by atoms with Crippen LogP contribution in [0.3, 0.4) is 0 Å². The summed E-state index contributed by atoms with van der Waals surface area (Å²) in [5, 5.41) is 2.05. The van der Waals surface area contributed by atoms with Crippen molar-refractivity contribution in [3.8, 4) is 11.5 Å². The van der Waals surface area contributed by atoms with Gasteiger partial charge >= 0.3 is 0 Å². The van der Waals surface area contributed by atoms with Crippen LogP contribution >= 0.6 is 11.3 Å². The molecule has 0 aliphatic heterocycles. The van der Waals surface area contributed by atoms with Gasteiger partial charge in [0.05, 0.1) is 13.7 Å². The Bertz CT molecular complexity index is 1000. The molecule has 28 heavy (non-hydrogen) atoms. The van der Waals surface area contributed by atoms with Gasteiger partial charge in [-0.05, 0) is 56.5 Å². The van der Waals surface area contributed by atoms with E-state index in [-0.39, 0.29) is 18.2 Å². The standard InChI is InChI=1S/C22H23NO4S/c1-14-10-19(15(2)23(14)12-18-6-5-9-28-18)20(25)13-27-21-8-7-17(16(3)24)11-22(21)26-4/h5-11H,12-13H2,1-4H3. The molecular formula is C22H23NO4S. The normalized spacial score (nSPS) is 10.7. The van der Waals surface area contributed by atoms with E-state index in [1.165, 1.54) is 18.9 Å². The van der Waals surface area contributed by atoms with Crippen LogP contribution in [0.15, 0.2) is 41.8 Å². The van der Waals surface area contributed by atoms with Crippen LogP contribution in [0, 0.1) is 13.8 Å². The van der Waals surface area contributed by atoms with Crippen LogP contribution in [0.2, 0.25) is 0 Å². The van der Waals surface area contributed by atoms with Crippen molar-refractivity contribution >= 4 is 22.9 Å². The van der Waals surface area contributed by atoms with Gasteiger partial charge in [-0.2, -0.15) is 0 Å². The molecule has 0 aliphatic rings. The number of benzene rings is 1. The molecule has 0 amide bonds. The van der Waals surface area contributed by atoms with Gasteiger partial charge in [0.15, 0.2) is 23.9 Å². The summed E-state index contributed by atoms with van der Waals surface area (Å²) < 4.78 is 13.1. The molecule has 0 fully saturated rings. The number of aryl methyl sites for hydroxylation is 1. The lowest BCUT2D eigenvalue weighted by molar-refractivity contribution is 0.0917. The van der Waals surface area contributed by atoms with Gasteiger partial charge in [0.1, 0.15) is 0 Å². The van der Waals surface area contributed by atoms with E-state index in [2.05, 4.69) is 10.6 Å². The van der Waals surface area contributed by atoms with Crippen molar-refractivity contribution in [2.75, 3.05) is 13.7 Å². The van der Waals surface area contributed by atoms with Gasteiger partial charge in [-0.3, -0.25) is 9.59 Å².